The molecule has 55 heavy (non-hydrogen) atoms. The molecule has 0 fully saturated rings. The van der Waals surface area contributed by atoms with E-state index in [4.69, 9.17) is 9.97 Å². The smallest absolute Gasteiger partial charge is 0.235 e. The van der Waals surface area contributed by atoms with E-state index >= 15 is 0 Å². The lowest BCUT2D eigenvalue weighted by atomic mass is 9.97. The number of aromatic nitrogens is 3. The molecule has 1 aliphatic rings. The minimum Gasteiger partial charge on any atom is -0.277 e. The zero-order chi connectivity index (χ0) is 36.4. The van der Waals surface area contributed by atoms with Crippen LogP contribution in [0.1, 0.15) is 0 Å². The average Bonchev–Trinajstić information content (AvgIpc) is 3.86. The van der Waals surface area contributed by atoms with Gasteiger partial charge in [-0.3, -0.25) is 4.57 Å². The van der Waals surface area contributed by atoms with Gasteiger partial charge in [-0.2, -0.15) is 0 Å². The van der Waals surface area contributed by atoms with Crippen LogP contribution in [-0.2, 0) is 0 Å². The molecule has 0 amide bonds. The summed E-state index contributed by atoms with van der Waals surface area (Å²) in [6.45, 7) is 4.99. The van der Waals surface area contributed by atoms with Crippen LogP contribution in [0.3, 0.4) is 0 Å². The molecule has 11 aromatic rings. The summed E-state index contributed by atoms with van der Waals surface area (Å²) in [7, 11) is -1.88. The fourth-order valence-corrected chi connectivity index (χ4v) is 14.3. The average molecular weight is 736 g/mol. The number of fused-ring (bicyclic) bond motifs is 13. The van der Waals surface area contributed by atoms with Crippen LogP contribution in [0.15, 0.2) is 164 Å². The van der Waals surface area contributed by atoms with Gasteiger partial charge in [-0.1, -0.05) is 159 Å². The lowest BCUT2D eigenvalue weighted by Gasteiger charge is -2.22. The van der Waals surface area contributed by atoms with Crippen molar-refractivity contribution >= 4 is 93.4 Å². The fraction of sp³-hybridized carbons (Fsp3) is 0.0400. The van der Waals surface area contributed by atoms with Gasteiger partial charge in [0.25, 0.3) is 0 Å². The lowest BCUT2D eigenvalue weighted by molar-refractivity contribution is 1.02. The first-order chi connectivity index (χ1) is 27.0. The van der Waals surface area contributed by atoms with Gasteiger partial charge in [0.2, 0.25) is 5.95 Å². The third kappa shape index (κ3) is 4.31. The van der Waals surface area contributed by atoms with Gasteiger partial charge in [0.05, 0.1) is 22.2 Å². The van der Waals surface area contributed by atoms with Gasteiger partial charge in [0, 0.05) is 47.3 Å². The van der Waals surface area contributed by atoms with Gasteiger partial charge in [-0.05, 0) is 56.2 Å². The summed E-state index contributed by atoms with van der Waals surface area (Å²) >= 11 is 1.87. The highest BCUT2D eigenvalue weighted by Crippen LogP contribution is 2.44. The number of para-hydroxylation sites is 2. The minimum atomic E-state index is -1.88. The van der Waals surface area contributed by atoms with Crippen molar-refractivity contribution in [3.63, 3.8) is 0 Å². The predicted octanol–water partition coefficient (Wildman–Crippen LogP) is 12.4. The Bertz CT molecular complexity index is 3400. The number of nitrogens with zero attached hydrogens (tertiary/aromatic N) is 3. The molecule has 0 atom stereocenters. The molecule has 3 nitrogen and oxygen atoms in total. The highest BCUT2D eigenvalue weighted by molar-refractivity contribution is 7.26. The van der Waals surface area contributed by atoms with Gasteiger partial charge in [0.15, 0.2) is 0 Å². The maximum absolute atomic E-state index is 5.52. The zero-order valence-electron chi connectivity index (χ0n) is 30.3. The summed E-state index contributed by atoms with van der Waals surface area (Å²) < 4.78 is 4.92. The number of benzene rings is 8. The van der Waals surface area contributed by atoms with Crippen LogP contribution in [-0.4, -0.2) is 22.6 Å². The molecule has 0 N–H and O–H groups in total. The number of thiophene rings is 1. The Morgan fingerprint density at radius 1 is 0.509 bits per heavy atom. The van der Waals surface area contributed by atoms with E-state index in [1.807, 2.05) is 11.3 Å². The van der Waals surface area contributed by atoms with Gasteiger partial charge in [-0.15, -0.1) is 11.3 Å². The number of hydrogen-bond acceptors (Lipinski definition) is 3. The van der Waals surface area contributed by atoms with Gasteiger partial charge in [-0.25, -0.2) is 9.97 Å². The summed E-state index contributed by atoms with van der Waals surface area (Å²) in [5.74, 6) is 0.681. The van der Waals surface area contributed by atoms with Crippen LogP contribution < -0.4 is 10.4 Å². The first-order valence-electron chi connectivity index (χ1n) is 18.9. The summed E-state index contributed by atoms with van der Waals surface area (Å²) in [4.78, 5) is 10.8. The zero-order valence-corrected chi connectivity index (χ0v) is 32.2. The standard InChI is InChI=1S/C50H33N3SSi/c1-55(2)44-21-10-6-14-36(44)39-17-11-16-33(49(39)55)30-22-24-32(25-23-30)46-40-15-3-7-18-41(40)51-50(52-46)53-42-19-8-4-12-34(42)37-28-26-31-27-29-38-35-13-5-9-20-43(35)54-48(38)45(31)47(37)53/h3-29H,1-2H3. The fourth-order valence-electron chi connectivity index (χ4n) is 9.53. The molecular weight excluding hydrogens is 703 g/mol. The van der Waals surface area contributed by atoms with Crippen molar-refractivity contribution in [2.45, 2.75) is 13.1 Å². The number of rotatable bonds is 3. The molecule has 0 spiro atoms. The topological polar surface area (TPSA) is 30.7 Å². The van der Waals surface area contributed by atoms with Crippen LogP contribution >= 0.6 is 11.3 Å². The minimum absolute atomic E-state index is 0.681. The molecule has 8 aromatic carbocycles. The van der Waals surface area contributed by atoms with Crippen LogP contribution in [0.5, 0.6) is 0 Å². The lowest BCUT2D eigenvalue weighted by Crippen LogP contribution is -2.50. The van der Waals surface area contributed by atoms with E-state index in [-0.39, 0.29) is 0 Å². The molecule has 5 heteroatoms. The quantitative estimate of drug-likeness (QED) is 0.169. The summed E-state index contributed by atoms with van der Waals surface area (Å²) in [5.41, 5.74) is 10.6. The number of hydrogen-bond donors (Lipinski definition) is 0. The van der Waals surface area contributed by atoms with Crippen molar-refractivity contribution in [3.8, 4) is 39.5 Å². The second-order valence-electron chi connectivity index (χ2n) is 15.3. The second-order valence-corrected chi connectivity index (χ2v) is 20.7. The van der Waals surface area contributed by atoms with E-state index in [2.05, 4.69) is 181 Å². The highest BCUT2D eigenvalue weighted by atomic mass is 32.1. The maximum atomic E-state index is 5.52. The molecule has 1 aliphatic heterocycles. The van der Waals surface area contributed by atoms with Crippen LogP contribution in [0, 0.1) is 0 Å². The van der Waals surface area contributed by atoms with Crippen molar-refractivity contribution in [1.82, 2.24) is 14.5 Å². The SMILES string of the molecule is C[Si]1(C)c2ccccc2-c2cccc(-c3ccc(-c4nc(-n5c6ccccc6c6ccc7ccc8c9ccccc9sc8c7c65)nc5ccccc45)cc3)c21. The van der Waals surface area contributed by atoms with E-state index in [1.165, 1.54) is 74.3 Å². The molecule has 12 rings (SSSR count). The molecular formula is C50H33N3SSi. The third-order valence-electron chi connectivity index (χ3n) is 12.0. The Hall–Kier alpha value is -6.40. The van der Waals surface area contributed by atoms with E-state index < -0.39 is 8.07 Å². The Balaban J connectivity index is 1.09. The van der Waals surface area contributed by atoms with E-state index in [1.54, 1.807) is 0 Å². The molecule has 0 unspecified atom stereocenters. The Morgan fingerprint density at radius 2 is 1.18 bits per heavy atom. The van der Waals surface area contributed by atoms with Crippen molar-refractivity contribution in [1.29, 1.82) is 0 Å². The third-order valence-corrected chi connectivity index (χ3v) is 16.8. The Kier molecular flexibility index (Phi) is 6.37. The van der Waals surface area contributed by atoms with Crippen molar-refractivity contribution in [3.05, 3.63) is 164 Å². The summed E-state index contributed by atoms with van der Waals surface area (Å²) in [5, 5.41) is 11.6. The molecule has 258 valence electrons. The molecule has 0 radical (unpaired) electrons. The molecule has 0 saturated heterocycles. The summed E-state index contributed by atoms with van der Waals surface area (Å²) in [6, 6.07) is 60.0. The van der Waals surface area contributed by atoms with Crippen LogP contribution in [0.4, 0.5) is 0 Å². The van der Waals surface area contributed by atoms with Gasteiger partial charge >= 0.3 is 0 Å². The van der Waals surface area contributed by atoms with Gasteiger partial charge in [0.1, 0.15) is 8.07 Å². The molecule has 3 aromatic heterocycles. The van der Waals surface area contributed by atoms with Gasteiger partial charge < -0.3 is 0 Å². The first kappa shape index (κ1) is 31.0. The monoisotopic (exact) mass is 735 g/mol. The molecule has 4 heterocycles. The van der Waals surface area contributed by atoms with E-state index in [0.717, 1.165) is 33.2 Å². The normalized spacial score (nSPS) is 13.4. The first-order valence-corrected chi connectivity index (χ1v) is 22.7. The predicted molar refractivity (Wildman–Crippen MR) is 237 cm³/mol. The highest BCUT2D eigenvalue weighted by Gasteiger charge is 2.39. The molecule has 0 saturated carbocycles. The Morgan fingerprint density at radius 3 is 2.05 bits per heavy atom. The van der Waals surface area contributed by atoms with Crippen LogP contribution in [0.2, 0.25) is 13.1 Å². The van der Waals surface area contributed by atoms with E-state index in [0.29, 0.717) is 5.95 Å². The molecule has 0 bridgehead atoms. The van der Waals surface area contributed by atoms with Crippen molar-refractivity contribution < 1.29 is 0 Å². The second kappa shape index (κ2) is 11.3. The Labute approximate surface area is 322 Å². The largest absolute Gasteiger partial charge is 0.277 e. The van der Waals surface area contributed by atoms with Crippen molar-refractivity contribution in [2.24, 2.45) is 0 Å². The van der Waals surface area contributed by atoms with E-state index in [9.17, 15) is 0 Å². The molecule has 0 aliphatic carbocycles. The maximum Gasteiger partial charge on any atom is 0.235 e. The van der Waals surface area contributed by atoms with Crippen LogP contribution in [0.25, 0.3) is 103 Å². The summed E-state index contributed by atoms with van der Waals surface area (Å²) in [6.07, 6.45) is 0. The van der Waals surface area contributed by atoms with Crippen molar-refractivity contribution in [2.75, 3.05) is 0 Å².